The summed E-state index contributed by atoms with van der Waals surface area (Å²) in [6.07, 6.45) is 48.0. The van der Waals surface area contributed by atoms with Crippen LogP contribution in [0.15, 0.2) is 24.3 Å². The Labute approximate surface area is 388 Å². The van der Waals surface area contributed by atoms with E-state index in [0.29, 0.717) is 6.42 Å². The lowest BCUT2D eigenvalue weighted by molar-refractivity contribution is -0.302. The van der Waals surface area contributed by atoms with Crippen LogP contribution in [0.1, 0.15) is 258 Å². The average Bonchev–Trinajstić information content (AvgIpc) is 3.28. The van der Waals surface area contributed by atoms with Crippen LogP contribution in [0.2, 0.25) is 0 Å². The number of allylic oxidation sites excluding steroid dienone is 3. The normalized spacial score (nSPS) is 20.3. The summed E-state index contributed by atoms with van der Waals surface area (Å²) >= 11 is 0. The van der Waals surface area contributed by atoms with Crippen LogP contribution in [0.5, 0.6) is 0 Å². The highest BCUT2D eigenvalue weighted by Crippen LogP contribution is 2.23. The molecule has 0 aromatic carbocycles. The number of carbonyl (C=O) groups excluding carboxylic acids is 1. The van der Waals surface area contributed by atoms with Crippen LogP contribution in [-0.4, -0.2) is 87.5 Å². The van der Waals surface area contributed by atoms with E-state index in [1.165, 1.54) is 193 Å². The summed E-state index contributed by atoms with van der Waals surface area (Å²) in [4.78, 5) is 13.0. The van der Waals surface area contributed by atoms with Gasteiger partial charge in [0, 0.05) is 6.42 Å². The molecule has 0 bridgehead atoms. The van der Waals surface area contributed by atoms with Gasteiger partial charge in [-0.2, -0.15) is 0 Å². The molecule has 1 amide bonds. The zero-order valence-corrected chi connectivity index (χ0v) is 41.1. The lowest BCUT2D eigenvalue weighted by atomic mass is 9.99. The first kappa shape index (κ1) is 59.7. The lowest BCUT2D eigenvalue weighted by Crippen LogP contribution is -2.60. The molecule has 0 saturated carbocycles. The van der Waals surface area contributed by atoms with Gasteiger partial charge in [-0.05, 0) is 44.9 Å². The molecule has 0 aromatic rings. The number of amides is 1. The fraction of sp³-hybridized carbons (Fsp3) is 0.907. The third kappa shape index (κ3) is 34.6. The number of aliphatic hydroxyl groups excluding tert-OH is 5. The molecule has 9 heteroatoms. The molecule has 1 saturated heterocycles. The van der Waals surface area contributed by atoms with Gasteiger partial charge in [-0.25, -0.2) is 0 Å². The first-order valence-electron chi connectivity index (χ1n) is 27.1. The molecule has 372 valence electrons. The Balaban J connectivity index is 2.26. The minimum atomic E-state index is -1.57. The van der Waals surface area contributed by atoms with Gasteiger partial charge in [0.25, 0.3) is 0 Å². The fourth-order valence-corrected chi connectivity index (χ4v) is 8.68. The van der Waals surface area contributed by atoms with Crippen LogP contribution >= 0.6 is 0 Å². The van der Waals surface area contributed by atoms with Crippen molar-refractivity contribution in [2.45, 2.75) is 301 Å². The van der Waals surface area contributed by atoms with E-state index in [9.17, 15) is 30.3 Å². The highest BCUT2D eigenvalue weighted by molar-refractivity contribution is 5.76. The van der Waals surface area contributed by atoms with Gasteiger partial charge >= 0.3 is 0 Å². The molecule has 0 aromatic heterocycles. The van der Waals surface area contributed by atoms with Crippen molar-refractivity contribution < 1.29 is 39.8 Å². The number of hydrogen-bond donors (Lipinski definition) is 6. The lowest BCUT2D eigenvalue weighted by Gasteiger charge is -2.40. The van der Waals surface area contributed by atoms with Crippen LogP contribution in [0, 0.1) is 0 Å². The summed E-state index contributed by atoms with van der Waals surface area (Å²) in [6, 6.07) is -0.805. The maximum atomic E-state index is 13.0. The first-order chi connectivity index (χ1) is 30.8. The molecule has 1 fully saturated rings. The Morgan fingerprint density at radius 3 is 1.29 bits per heavy atom. The third-order valence-electron chi connectivity index (χ3n) is 13.0. The predicted molar refractivity (Wildman–Crippen MR) is 263 cm³/mol. The van der Waals surface area contributed by atoms with Gasteiger partial charge in [-0.1, -0.05) is 231 Å². The van der Waals surface area contributed by atoms with Crippen molar-refractivity contribution in [2.75, 3.05) is 13.2 Å². The molecule has 1 rings (SSSR count). The number of hydrogen-bond acceptors (Lipinski definition) is 8. The van der Waals surface area contributed by atoms with Crippen LogP contribution in [0.3, 0.4) is 0 Å². The van der Waals surface area contributed by atoms with Crippen LogP contribution in [-0.2, 0) is 14.3 Å². The molecule has 7 atom stereocenters. The third-order valence-corrected chi connectivity index (χ3v) is 13.0. The van der Waals surface area contributed by atoms with E-state index >= 15 is 0 Å². The highest BCUT2D eigenvalue weighted by atomic mass is 16.7. The number of carbonyl (C=O) groups is 1. The van der Waals surface area contributed by atoms with E-state index in [1.54, 1.807) is 6.08 Å². The summed E-state index contributed by atoms with van der Waals surface area (Å²) in [5.41, 5.74) is 0. The van der Waals surface area contributed by atoms with Crippen molar-refractivity contribution >= 4 is 5.91 Å². The van der Waals surface area contributed by atoms with Crippen molar-refractivity contribution in [3.05, 3.63) is 24.3 Å². The van der Waals surface area contributed by atoms with Gasteiger partial charge in [0.15, 0.2) is 6.29 Å². The van der Waals surface area contributed by atoms with Crippen molar-refractivity contribution in [2.24, 2.45) is 0 Å². The van der Waals surface area contributed by atoms with Crippen molar-refractivity contribution in [1.29, 1.82) is 0 Å². The Morgan fingerprint density at radius 1 is 0.524 bits per heavy atom. The number of aliphatic hydroxyl groups is 5. The molecule has 6 N–H and O–H groups in total. The second-order valence-corrected chi connectivity index (χ2v) is 19.0. The Hall–Kier alpha value is -1.33. The number of rotatable bonds is 46. The molecule has 1 aliphatic heterocycles. The maximum Gasteiger partial charge on any atom is 0.220 e. The van der Waals surface area contributed by atoms with Crippen molar-refractivity contribution in [3.8, 4) is 0 Å². The number of ether oxygens (including phenoxy) is 2. The summed E-state index contributed by atoms with van der Waals surface area (Å²) < 4.78 is 11.3. The van der Waals surface area contributed by atoms with E-state index in [0.717, 1.165) is 44.9 Å². The zero-order valence-electron chi connectivity index (χ0n) is 41.1. The summed E-state index contributed by atoms with van der Waals surface area (Å²) in [7, 11) is 0. The summed E-state index contributed by atoms with van der Waals surface area (Å²) in [5, 5.41) is 54.4. The van der Waals surface area contributed by atoms with Gasteiger partial charge < -0.3 is 40.3 Å². The SMILES string of the molecule is CCCCCCCC/C=C\CCCCCCCCCC(=O)NC(COC1OC(CO)C(O)C(O)C1O)C(O)/C=C/CCCCCCCCCCCCCCCCCCCCCCC. The maximum absolute atomic E-state index is 13.0. The van der Waals surface area contributed by atoms with Gasteiger partial charge in [0.05, 0.1) is 25.4 Å². The van der Waals surface area contributed by atoms with Crippen LogP contribution < -0.4 is 5.32 Å². The van der Waals surface area contributed by atoms with Crippen molar-refractivity contribution in [3.63, 3.8) is 0 Å². The summed E-state index contributed by atoms with van der Waals surface area (Å²) in [6.45, 7) is 3.79. The fourth-order valence-electron chi connectivity index (χ4n) is 8.68. The Morgan fingerprint density at radius 2 is 0.889 bits per heavy atom. The van der Waals surface area contributed by atoms with Gasteiger partial charge in [-0.3, -0.25) is 4.79 Å². The molecule has 0 radical (unpaired) electrons. The molecular formula is C54H103NO8. The van der Waals surface area contributed by atoms with Gasteiger partial charge in [0.2, 0.25) is 5.91 Å². The predicted octanol–water partition coefficient (Wildman–Crippen LogP) is 12.6. The molecule has 63 heavy (non-hydrogen) atoms. The molecular weight excluding hydrogens is 791 g/mol. The molecule has 0 aliphatic carbocycles. The quantitative estimate of drug-likeness (QED) is 0.0261. The summed E-state index contributed by atoms with van der Waals surface area (Å²) in [5.74, 6) is -0.179. The van der Waals surface area contributed by atoms with E-state index in [1.807, 2.05) is 6.08 Å². The number of nitrogens with one attached hydrogen (secondary N) is 1. The van der Waals surface area contributed by atoms with E-state index in [4.69, 9.17) is 9.47 Å². The molecule has 1 heterocycles. The first-order valence-corrected chi connectivity index (χ1v) is 27.1. The molecule has 1 aliphatic rings. The van der Waals surface area contributed by atoms with E-state index in [-0.39, 0.29) is 12.5 Å². The van der Waals surface area contributed by atoms with E-state index < -0.39 is 49.5 Å². The second-order valence-electron chi connectivity index (χ2n) is 19.0. The molecule has 0 spiro atoms. The molecule has 9 nitrogen and oxygen atoms in total. The number of unbranched alkanes of at least 4 members (excludes halogenated alkanes) is 34. The molecule has 7 unspecified atom stereocenters. The smallest absolute Gasteiger partial charge is 0.220 e. The standard InChI is InChI=1S/C54H103NO8/c1-3-5-7-9-11-13-15-17-19-21-22-23-24-25-26-28-29-31-33-35-37-39-41-43-48(57)47(46-62-54-53(61)52(60)51(59)49(45-56)63-54)55-50(58)44-42-40-38-36-34-32-30-27-20-18-16-14-12-10-8-6-4-2/h18,20,41,43,47-49,51-54,56-57,59-61H,3-17,19,21-40,42,44-46H2,1-2H3,(H,55,58)/b20-18-,43-41+. The van der Waals surface area contributed by atoms with Crippen LogP contribution in [0.25, 0.3) is 0 Å². The minimum absolute atomic E-state index is 0.179. The van der Waals surface area contributed by atoms with Crippen molar-refractivity contribution in [1.82, 2.24) is 5.32 Å². The largest absolute Gasteiger partial charge is 0.394 e. The average molecular weight is 894 g/mol. The minimum Gasteiger partial charge on any atom is -0.394 e. The highest BCUT2D eigenvalue weighted by Gasteiger charge is 2.44. The monoisotopic (exact) mass is 894 g/mol. The second kappa shape index (κ2) is 44.5. The Bertz CT molecular complexity index is 1040. The Kier molecular flexibility index (Phi) is 42.2. The van der Waals surface area contributed by atoms with Crippen LogP contribution in [0.4, 0.5) is 0 Å². The van der Waals surface area contributed by atoms with E-state index in [2.05, 4.69) is 31.3 Å². The van der Waals surface area contributed by atoms with Gasteiger partial charge in [-0.15, -0.1) is 0 Å². The zero-order chi connectivity index (χ0) is 45.9. The van der Waals surface area contributed by atoms with Gasteiger partial charge in [0.1, 0.15) is 24.4 Å². The topological polar surface area (TPSA) is 149 Å².